The highest BCUT2D eigenvalue weighted by Crippen LogP contribution is 2.27. The number of benzene rings is 3. The molecule has 3 aromatic carbocycles. The second-order valence-electron chi connectivity index (χ2n) is 6.51. The number of carbonyl (C=O) groups excluding carboxylic acids is 1. The van der Waals surface area contributed by atoms with Crippen LogP contribution in [0.1, 0.15) is 33.1 Å². The van der Waals surface area contributed by atoms with Crippen LogP contribution in [-0.2, 0) is 14.8 Å². The van der Waals surface area contributed by atoms with Crippen molar-refractivity contribution in [3.63, 3.8) is 0 Å². The summed E-state index contributed by atoms with van der Waals surface area (Å²) in [4.78, 5) is 11.8. The van der Waals surface area contributed by atoms with Crippen molar-refractivity contribution in [1.82, 2.24) is 4.72 Å². The van der Waals surface area contributed by atoms with Gasteiger partial charge in [-0.3, -0.25) is 0 Å². The zero-order chi connectivity index (χ0) is 21.0. The molecule has 0 fully saturated rings. The number of aryl methyl sites for hydroxylation is 1. The number of esters is 1. The number of sulfonamides is 1. The van der Waals surface area contributed by atoms with Crippen LogP contribution >= 0.6 is 11.6 Å². The monoisotopic (exact) mass is 429 g/mol. The molecule has 0 saturated heterocycles. The van der Waals surface area contributed by atoms with Crippen molar-refractivity contribution < 1.29 is 17.9 Å². The molecule has 5 nitrogen and oxygen atoms in total. The number of carbonyl (C=O) groups is 1. The van der Waals surface area contributed by atoms with E-state index in [0.29, 0.717) is 0 Å². The first-order chi connectivity index (χ1) is 13.8. The van der Waals surface area contributed by atoms with Crippen LogP contribution in [-0.4, -0.2) is 21.5 Å². The van der Waals surface area contributed by atoms with E-state index in [0.717, 1.165) is 16.7 Å². The van der Waals surface area contributed by atoms with Crippen LogP contribution in [0.3, 0.4) is 0 Å². The fraction of sp³-hybridized carbons (Fsp3) is 0.136. The van der Waals surface area contributed by atoms with Gasteiger partial charge in [-0.05, 0) is 36.2 Å². The Labute approximate surface area is 175 Å². The fourth-order valence-corrected chi connectivity index (χ4v) is 4.42. The molecule has 0 aliphatic heterocycles. The quantitative estimate of drug-likeness (QED) is 0.585. The van der Waals surface area contributed by atoms with Gasteiger partial charge in [-0.25, -0.2) is 13.2 Å². The van der Waals surface area contributed by atoms with Crippen LogP contribution in [0.4, 0.5) is 0 Å². The molecule has 0 heterocycles. The van der Waals surface area contributed by atoms with Gasteiger partial charge in [0.1, 0.15) is 0 Å². The summed E-state index contributed by atoms with van der Waals surface area (Å²) in [6.45, 7) is 1.95. The van der Waals surface area contributed by atoms with Crippen molar-refractivity contribution in [3.8, 4) is 0 Å². The standard InChI is InChI=1S/C22H20ClNO4S/c1-15-7-6-10-17(13-15)21(16-8-4-3-5-9-16)24-29(26,27)18-11-12-20(23)19(14-18)22(25)28-2/h3-14,21,24H,1-2H3/t21-/m0/s1. The Morgan fingerprint density at radius 2 is 1.66 bits per heavy atom. The number of halogens is 1. The average molecular weight is 430 g/mol. The minimum absolute atomic E-state index is 0.0103. The summed E-state index contributed by atoms with van der Waals surface area (Å²) in [5, 5.41) is 0.120. The van der Waals surface area contributed by atoms with Crippen molar-refractivity contribution in [3.05, 3.63) is 100 Å². The van der Waals surface area contributed by atoms with E-state index in [1.165, 1.54) is 25.3 Å². The molecule has 0 saturated carbocycles. The second kappa shape index (κ2) is 8.78. The molecule has 0 amide bonds. The van der Waals surface area contributed by atoms with E-state index in [-0.39, 0.29) is 15.5 Å². The number of ether oxygens (including phenoxy) is 1. The molecular weight excluding hydrogens is 410 g/mol. The molecule has 7 heteroatoms. The molecule has 150 valence electrons. The van der Waals surface area contributed by atoms with Gasteiger partial charge >= 0.3 is 5.97 Å². The molecule has 0 aliphatic rings. The number of rotatable bonds is 6. The van der Waals surface area contributed by atoms with Gasteiger partial charge in [-0.15, -0.1) is 0 Å². The van der Waals surface area contributed by atoms with E-state index >= 15 is 0 Å². The summed E-state index contributed by atoms with van der Waals surface area (Å²) in [7, 11) is -2.76. The average Bonchev–Trinajstić information content (AvgIpc) is 2.72. The highest BCUT2D eigenvalue weighted by atomic mass is 35.5. The SMILES string of the molecule is COC(=O)c1cc(S(=O)(=O)N[C@@H](c2ccccc2)c2cccc(C)c2)ccc1Cl. The lowest BCUT2D eigenvalue weighted by molar-refractivity contribution is 0.0600. The smallest absolute Gasteiger partial charge is 0.339 e. The van der Waals surface area contributed by atoms with Gasteiger partial charge in [0, 0.05) is 0 Å². The predicted octanol–water partition coefficient (Wildman–Crippen LogP) is 4.50. The number of hydrogen-bond acceptors (Lipinski definition) is 4. The first-order valence-electron chi connectivity index (χ1n) is 8.83. The van der Waals surface area contributed by atoms with Crippen LogP contribution in [0.25, 0.3) is 0 Å². The highest BCUT2D eigenvalue weighted by molar-refractivity contribution is 7.89. The first kappa shape index (κ1) is 21.0. The zero-order valence-corrected chi connectivity index (χ0v) is 17.5. The maximum absolute atomic E-state index is 13.1. The summed E-state index contributed by atoms with van der Waals surface area (Å²) >= 11 is 6.02. The normalized spacial score (nSPS) is 12.4. The highest BCUT2D eigenvalue weighted by Gasteiger charge is 2.25. The van der Waals surface area contributed by atoms with Crippen molar-refractivity contribution in [2.75, 3.05) is 7.11 Å². The Morgan fingerprint density at radius 1 is 0.966 bits per heavy atom. The van der Waals surface area contributed by atoms with E-state index in [1.54, 1.807) is 0 Å². The summed E-state index contributed by atoms with van der Waals surface area (Å²) in [5.74, 6) is -0.703. The van der Waals surface area contributed by atoms with E-state index < -0.39 is 22.0 Å². The molecule has 3 rings (SSSR count). The Kier molecular flexibility index (Phi) is 6.37. The molecule has 0 bridgehead atoms. The largest absolute Gasteiger partial charge is 0.465 e. The van der Waals surface area contributed by atoms with E-state index in [1.807, 2.05) is 61.5 Å². The molecule has 1 atom stereocenters. The van der Waals surface area contributed by atoms with Gasteiger partial charge in [0.05, 0.1) is 28.6 Å². The van der Waals surface area contributed by atoms with Gasteiger partial charge in [-0.1, -0.05) is 71.8 Å². The summed E-state index contributed by atoms with van der Waals surface area (Å²) in [6.07, 6.45) is 0. The Hall–Kier alpha value is -2.67. The number of hydrogen-bond donors (Lipinski definition) is 1. The Morgan fingerprint density at radius 3 is 2.31 bits per heavy atom. The summed E-state index contributed by atoms with van der Waals surface area (Å²) in [5.41, 5.74) is 2.61. The van der Waals surface area contributed by atoms with Crippen molar-refractivity contribution in [1.29, 1.82) is 0 Å². The van der Waals surface area contributed by atoms with Gasteiger partial charge in [0.25, 0.3) is 0 Å². The third-order valence-corrected chi connectivity index (χ3v) is 6.18. The third kappa shape index (κ3) is 4.85. The summed E-state index contributed by atoms with van der Waals surface area (Å²) in [6, 6.07) is 20.3. The van der Waals surface area contributed by atoms with Crippen molar-refractivity contribution in [2.45, 2.75) is 17.9 Å². The minimum atomic E-state index is -3.97. The predicted molar refractivity (Wildman–Crippen MR) is 113 cm³/mol. The lowest BCUT2D eigenvalue weighted by Gasteiger charge is -2.20. The number of methoxy groups -OCH3 is 1. The molecule has 0 spiro atoms. The van der Waals surface area contributed by atoms with Gasteiger partial charge in [0.2, 0.25) is 10.0 Å². The fourth-order valence-electron chi connectivity index (χ4n) is 2.98. The summed E-state index contributed by atoms with van der Waals surface area (Å²) < 4.78 is 33.7. The first-order valence-corrected chi connectivity index (χ1v) is 10.7. The topological polar surface area (TPSA) is 72.5 Å². The molecule has 0 aromatic heterocycles. The molecule has 0 radical (unpaired) electrons. The van der Waals surface area contributed by atoms with Crippen LogP contribution in [0.15, 0.2) is 77.7 Å². The lowest BCUT2D eigenvalue weighted by atomic mass is 9.98. The van der Waals surface area contributed by atoms with E-state index in [4.69, 9.17) is 11.6 Å². The van der Waals surface area contributed by atoms with Gasteiger partial charge < -0.3 is 4.74 Å². The van der Waals surface area contributed by atoms with E-state index in [2.05, 4.69) is 9.46 Å². The molecule has 0 aliphatic carbocycles. The molecule has 29 heavy (non-hydrogen) atoms. The minimum Gasteiger partial charge on any atom is -0.465 e. The lowest BCUT2D eigenvalue weighted by Crippen LogP contribution is -2.29. The van der Waals surface area contributed by atoms with Crippen LogP contribution < -0.4 is 4.72 Å². The van der Waals surface area contributed by atoms with Gasteiger partial charge in [-0.2, -0.15) is 4.72 Å². The zero-order valence-electron chi connectivity index (χ0n) is 15.9. The Bertz CT molecular complexity index is 1130. The van der Waals surface area contributed by atoms with Crippen LogP contribution in [0.2, 0.25) is 5.02 Å². The van der Waals surface area contributed by atoms with Crippen LogP contribution in [0, 0.1) is 6.92 Å². The maximum atomic E-state index is 13.1. The molecular formula is C22H20ClNO4S. The van der Waals surface area contributed by atoms with Crippen molar-refractivity contribution >= 4 is 27.6 Å². The van der Waals surface area contributed by atoms with Crippen molar-refractivity contribution in [2.24, 2.45) is 0 Å². The maximum Gasteiger partial charge on any atom is 0.339 e. The molecule has 1 N–H and O–H groups in total. The van der Waals surface area contributed by atoms with Gasteiger partial charge in [0.15, 0.2) is 0 Å². The third-order valence-electron chi connectivity index (χ3n) is 4.43. The Balaban J connectivity index is 2.04. The van der Waals surface area contributed by atoms with E-state index in [9.17, 15) is 13.2 Å². The molecule has 0 unspecified atom stereocenters. The number of nitrogens with one attached hydrogen (secondary N) is 1. The van der Waals surface area contributed by atoms with Crippen LogP contribution in [0.5, 0.6) is 0 Å². The molecule has 3 aromatic rings. The second-order valence-corrected chi connectivity index (χ2v) is 8.63.